The van der Waals surface area contributed by atoms with E-state index in [1.165, 1.54) is 4.90 Å². The molecule has 8 heteroatoms. The van der Waals surface area contributed by atoms with Crippen molar-refractivity contribution in [3.05, 3.63) is 30.2 Å². The lowest BCUT2D eigenvalue weighted by Gasteiger charge is -2.34. The Labute approximate surface area is 170 Å². The Morgan fingerprint density at radius 3 is 2.55 bits per heavy atom. The number of hydrogen-bond acceptors (Lipinski definition) is 5. The van der Waals surface area contributed by atoms with Gasteiger partial charge < -0.3 is 19.0 Å². The number of rotatable bonds is 4. The molecule has 0 spiro atoms. The summed E-state index contributed by atoms with van der Waals surface area (Å²) in [4.78, 5) is 34.1. The van der Waals surface area contributed by atoms with Crippen LogP contribution < -0.4 is 4.90 Å². The summed E-state index contributed by atoms with van der Waals surface area (Å²) in [7, 11) is 0. The van der Waals surface area contributed by atoms with Crippen molar-refractivity contribution < 1.29 is 23.6 Å². The molecule has 8 nitrogen and oxygen atoms in total. The third kappa shape index (κ3) is 4.53. The summed E-state index contributed by atoms with van der Waals surface area (Å²) in [6, 6.07) is 7.82. The quantitative estimate of drug-likeness (QED) is 0.823. The number of nitrogens with one attached hydrogen (secondary N) is 1. The van der Waals surface area contributed by atoms with Crippen LogP contribution in [0.3, 0.4) is 0 Å². The Hall–Kier alpha value is -2.61. The summed E-state index contributed by atoms with van der Waals surface area (Å²) in [5.41, 5.74) is 1.72. The number of piperazine rings is 1. The molecule has 2 aliphatic heterocycles. The molecular weight excluding hydrogens is 372 g/mol. The van der Waals surface area contributed by atoms with E-state index in [2.05, 4.69) is 4.98 Å². The Bertz CT molecular complexity index is 818. The zero-order valence-corrected chi connectivity index (χ0v) is 16.9. The van der Waals surface area contributed by atoms with Gasteiger partial charge in [0, 0.05) is 19.0 Å². The average molecular weight is 401 g/mol. The van der Waals surface area contributed by atoms with Gasteiger partial charge in [-0.05, 0) is 31.9 Å². The summed E-state index contributed by atoms with van der Waals surface area (Å²) in [6.07, 6.45) is 1.51. The average Bonchev–Trinajstić information content (AvgIpc) is 3.19. The molecule has 1 N–H and O–H groups in total. The molecule has 156 valence electrons. The minimum absolute atomic E-state index is 0.195. The van der Waals surface area contributed by atoms with E-state index < -0.39 is 0 Å². The van der Waals surface area contributed by atoms with Gasteiger partial charge in [-0.1, -0.05) is 12.1 Å². The van der Waals surface area contributed by atoms with Crippen molar-refractivity contribution in [3.8, 4) is 0 Å². The van der Waals surface area contributed by atoms with Crippen LogP contribution in [0.5, 0.6) is 0 Å². The fraction of sp³-hybridized carbons (Fsp3) is 0.571. The van der Waals surface area contributed by atoms with Crippen molar-refractivity contribution in [2.45, 2.75) is 25.7 Å². The van der Waals surface area contributed by atoms with Crippen LogP contribution in [-0.4, -0.2) is 79.2 Å². The maximum absolute atomic E-state index is 12.7. The van der Waals surface area contributed by atoms with Gasteiger partial charge in [0.2, 0.25) is 0 Å². The topological polar surface area (TPSA) is 80.3 Å². The van der Waals surface area contributed by atoms with Gasteiger partial charge in [-0.25, -0.2) is 9.78 Å². The Kier molecular flexibility index (Phi) is 5.99. The van der Waals surface area contributed by atoms with E-state index in [0.717, 1.165) is 56.0 Å². The summed E-state index contributed by atoms with van der Waals surface area (Å²) in [6.45, 7) is 7.02. The fourth-order valence-corrected chi connectivity index (χ4v) is 4.16. The van der Waals surface area contributed by atoms with Crippen LogP contribution in [0.15, 0.2) is 28.7 Å². The zero-order valence-electron chi connectivity index (χ0n) is 16.9. The number of carbonyl (C=O) groups is 2. The number of piperidine rings is 1. The van der Waals surface area contributed by atoms with Crippen molar-refractivity contribution in [2.24, 2.45) is 0 Å². The van der Waals surface area contributed by atoms with Crippen molar-refractivity contribution >= 4 is 23.1 Å². The third-order valence-electron chi connectivity index (χ3n) is 5.91. The molecule has 0 bridgehead atoms. The number of nitrogens with zero attached hydrogens (tertiary/aromatic N) is 3. The fourth-order valence-electron chi connectivity index (χ4n) is 4.16. The minimum atomic E-state index is -0.251. The molecule has 0 unspecified atom stereocenters. The van der Waals surface area contributed by atoms with Crippen molar-refractivity contribution in [1.29, 1.82) is 0 Å². The van der Waals surface area contributed by atoms with Gasteiger partial charge in [0.1, 0.15) is 5.52 Å². The number of likely N-dealkylation sites (tertiary alicyclic amines) is 1. The first-order valence-electron chi connectivity index (χ1n) is 10.5. The number of para-hydroxylation sites is 2. The molecule has 2 aromatic rings. The molecule has 4 rings (SSSR count). The monoisotopic (exact) mass is 401 g/mol. The first-order chi connectivity index (χ1) is 14.1. The van der Waals surface area contributed by atoms with Gasteiger partial charge in [0.15, 0.2) is 18.0 Å². The highest BCUT2D eigenvalue weighted by molar-refractivity contribution is 5.77. The second kappa shape index (κ2) is 8.82. The molecule has 2 saturated heterocycles. The van der Waals surface area contributed by atoms with E-state index in [1.807, 2.05) is 36.1 Å². The molecule has 2 amide bonds. The van der Waals surface area contributed by atoms with Gasteiger partial charge >= 0.3 is 6.09 Å². The highest BCUT2D eigenvalue weighted by atomic mass is 16.6. The smallest absolute Gasteiger partial charge is 0.410 e. The molecule has 0 radical (unpaired) electrons. The number of amides is 2. The van der Waals surface area contributed by atoms with Crippen molar-refractivity contribution in [3.63, 3.8) is 0 Å². The number of oxazole rings is 1. The first-order valence-corrected chi connectivity index (χ1v) is 10.5. The van der Waals surface area contributed by atoms with E-state index in [4.69, 9.17) is 9.15 Å². The Morgan fingerprint density at radius 2 is 1.86 bits per heavy atom. The molecule has 2 fully saturated rings. The van der Waals surface area contributed by atoms with Crippen LogP contribution in [0.2, 0.25) is 0 Å². The van der Waals surface area contributed by atoms with E-state index in [1.54, 1.807) is 4.90 Å². The summed E-state index contributed by atoms with van der Waals surface area (Å²) >= 11 is 0. The zero-order chi connectivity index (χ0) is 20.2. The Balaban J connectivity index is 1.24. The SMILES string of the molecule is CCOC(=O)N1CC[NH+](CC(=O)N2CCC(c3nc4ccccc4o3)CC2)CC1. The second-order valence-corrected chi connectivity index (χ2v) is 7.79. The number of hydrogen-bond donors (Lipinski definition) is 1. The van der Waals surface area contributed by atoms with Crippen LogP contribution >= 0.6 is 0 Å². The van der Waals surface area contributed by atoms with Gasteiger partial charge in [0.05, 0.1) is 32.8 Å². The molecule has 0 aliphatic carbocycles. The van der Waals surface area contributed by atoms with Crippen LogP contribution in [0.1, 0.15) is 31.6 Å². The number of carbonyl (C=O) groups excluding carboxylic acids is 2. The van der Waals surface area contributed by atoms with Crippen molar-refractivity contribution in [1.82, 2.24) is 14.8 Å². The Morgan fingerprint density at radius 1 is 1.14 bits per heavy atom. The molecule has 1 aromatic heterocycles. The van der Waals surface area contributed by atoms with Gasteiger partial charge in [0.25, 0.3) is 5.91 Å². The standard InChI is InChI=1S/C21H28N4O4/c1-2-28-21(27)25-13-11-23(12-14-25)15-19(26)24-9-7-16(8-10-24)20-22-17-5-3-4-6-18(17)29-20/h3-6,16H,2,7-15H2,1H3/p+1. The molecule has 1 aromatic carbocycles. The van der Waals surface area contributed by atoms with E-state index in [9.17, 15) is 9.59 Å². The maximum Gasteiger partial charge on any atom is 0.410 e. The number of aromatic nitrogens is 1. The van der Waals surface area contributed by atoms with Crippen LogP contribution in [0.25, 0.3) is 11.1 Å². The largest absolute Gasteiger partial charge is 0.450 e. The molecular formula is C21H29N4O4+. The lowest BCUT2D eigenvalue weighted by molar-refractivity contribution is -0.896. The third-order valence-corrected chi connectivity index (χ3v) is 5.91. The molecule has 29 heavy (non-hydrogen) atoms. The summed E-state index contributed by atoms with van der Waals surface area (Å²) in [5.74, 6) is 1.26. The maximum atomic E-state index is 12.7. The van der Waals surface area contributed by atoms with Crippen LogP contribution in [0, 0.1) is 0 Å². The van der Waals surface area contributed by atoms with Gasteiger partial charge in [-0.15, -0.1) is 0 Å². The minimum Gasteiger partial charge on any atom is -0.450 e. The lowest BCUT2D eigenvalue weighted by atomic mass is 9.96. The molecule has 2 aliphatic rings. The first kappa shape index (κ1) is 19.7. The number of fused-ring (bicyclic) bond motifs is 1. The van der Waals surface area contributed by atoms with E-state index in [0.29, 0.717) is 26.2 Å². The predicted molar refractivity (Wildman–Crippen MR) is 107 cm³/mol. The van der Waals surface area contributed by atoms with Crippen LogP contribution in [-0.2, 0) is 9.53 Å². The van der Waals surface area contributed by atoms with Gasteiger partial charge in [-0.2, -0.15) is 0 Å². The van der Waals surface area contributed by atoms with E-state index >= 15 is 0 Å². The molecule has 3 heterocycles. The van der Waals surface area contributed by atoms with Crippen LogP contribution in [0.4, 0.5) is 4.79 Å². The molecule has 0 saturated carbocycles. The second-order valence-electron chi connectivity index (χ2n) is 7.79. The highest BCUT2D eigenvalue weighted by Gasteiger charge is 2.30. The van der Waals surface area contributed by atoms with Gasteiger partial charge in [-0.3, -0.25) is 9.69 Å². The molecule has 0 atom stereocenters. The summed E-state index contributed by atoms with van der Waals surface area (Å²) in [5, 5.41) is 0. The normalized spacial score (nSPS) is 18.9. The summed E-state index contributed by atoms with van der Waals surface area (Å²) < 4.78 is 11.0. The van der Waals surface area contributed by atoms with E-state index in [-0.39, 0.29) is 17.9 Å². The predicted octanol–water partition coefficient (Wildman–Crippen LogP) is 0.891. The number of ether oxygens (including phenoxy) is 1. The lowest BCUT2D eigenvalue weighted by Crippen LogP contribution is -3.15. The van der Waals surface area contributed by atoms with Crippen molar-refractivity contribution in [2.75, 3.05) is 52.4 Å². The number of quaternary nitrogens is 1. The highest BCUT2D eigenvalue weighted by Crippen LogP contribution is 2.29. The number of benzene rings is 1.